The Morgan fingerprint density at radius 2 is 2.44 bits per heavy atom. The highest BCUT2D eigenvalue weighted by Crippen LogP contribution is 1.76. The molecular formula is C6H10O3. The molecule has 0 saturated carbocycles. The molecule has 3 nitrogen and oxygen atoms in total. The number of aliphatic carboxylic acids is 1. The van der Waals surface area contributed by atoms with Gasteiger partial charge in [0.15, 0.2) is 0 Å². The smallest absolute Gasteiger partial charge is 0.328 e. The van der Waals surface area contributed by atoms with Gasteiger partial charge in [-0.05, 0) is 6.92 Å². The number of carboxylic acid groups (broad SMARTS) is 1. The van der Waals surface area contributed by atoms with E-state index in [0.29, 0.717) is 13.2 Å². The van der Waals surface area contributed by atoms with Crippen LogP contribution in [-0.4, -0.2) is 24.3 Å². The molecule has 0 rings (SSSR count). The first-order valence-electron chi connectivity index (χ1n) is 2.74. The van der Waals surface area contributed by atoms with Gasteiger partial charge in [0.1, 0.15) is 0 Å². The molecule has 0 aromatic carbocycles. The van der Waals surface area contributed by atoms with Crippen LogP contribution in [0.2, 0.25) is 0 Å². The van der Waals surface area contributed by atoms with Gasteiger partial charge in [-0.1, -0.05) is 6.08 Å². The SMILES string of the molecule is CCOCC=CC(=O)O. The van der Waals surface area contributed by atoms with Crippen LogP contribution in [0.3, 0.4) is 0 Å². The Kier molecular flexibility index (Phi) is 4.82. The molecule has 1 N–H and O–H groups in total. The number of hydrogen-bond acceptors (Lipinski definition) is 2. The third kappa shape index (κ3) is 7.17. The number of hydrogen-bond donors (Lipinski definition) is 1. The molecule has 0 aromatic rings. The van der Waals surface area contributed by atoms with E-state index in [1.807, 2.05) is 6.92 Å². The van der Waals surface area contributed by atoms with E-state index >= 15 is 0 Å². The van der Waals surface area contributed by atoms with E-state index in [1.54, 1.807) is 0 Å². The number of carbonyl (C=O) groups is 1. The van der Waals surface area contributed by atoms with E-state index in [-0.39, 0.29) is 0 Å². The topological polar surface area (TPSA) is 46.5 Å². The normalized spacial score (nSPS) is 10.3. The first kappa shape index (κ1) is 8.17. The standard InChI is InChI=1S/C6H10O3/c1-2-9-5-3-4-6(7)8/h3-4H,2,5H2,1H3,(H,7,8). The lowest BCUT2D eigenvalue weighted by Crippen LogP contribution is -1.91. The minimum absolute atomic E-state index is 0.378. The van der Waals surface area contributed by atoms with Crippen molar-refractivity contribution in [3.8, 4) is 0 Å². The molecule has 52 valence electrons. The Balaban J connectivity index is 3.15. The zero-order valence-electron chi connectivity index (χ0n) is 5.33. The van der Waals surface area contributed by atoms with E-state index in [9.17, 15) is 4.79 Å². The molecule has 0 spiro atoms. The molecule has 0 aliphatic carbocycles. The summed E-state index contributed by atoms with van der Waals surface area (Å²) in [7, 11) is 0. The van der Waals surface area contributed by atoms with Crippen molar-refractivity contribution in [1.82, 2.24) is 0 Å². The van der Waals surface area contributed by atoms with Crippen LogP contribution >= 0.6 is 0 Å². The van der Waals surface area contributed by atoms with Crippen LogP contribution < -0.4 is 0 Å². The molecule has 0 heterocycles. The van der Waals surface area contributed by atoms with Gasteiger partial charge in [-0.15, -0.1) is 0 Å². The Morgan fingerprint density at radius 1 is 1.78 bits per heavy atom. The Hall–Kier alpha value is -0.830. The zero-order chi connectivity index (χ0) is 7.11. The Bertz CT molecular complexity index is 107. The summed E-state index contributed by atoms with van der Waals surface area (Å²) in [6, 6.07) is 0. The molecule has 0 atom stereocenters. The van der Waals surface area contributed by atoms with Gasteiger partial charge < -0.3 is 9.84 Å². The molecule has 0 aromatic heterocycles. The first-order chi connectivity index (χ1) is 4.27. The summed E-state index contributed by atoms with van der Waals surface area (Å²) in [6.07, 6.45) is 2.53. The van der Waals surface area contributed by atoms with Crippen LogP contribution in [0.25, 0.3) is 0 Å². The van der Waals surface area contributed by atoms with Crippen LogP contribution in [0.1, 0.15) is 6.92 Å². The summed E-state index contributed by atoms with van der Waals surface area (Å²) >= 11 is 0. The number of carboxylic acids is 1. The molecule has 0 radical (unpaired) electrons. The van der Waals surface area contributed by atoms with Crippen molar-refractivity contribution in [3.05, 3.63) is 12.2 Å². The van der Waals surface area contributed by atoms with E-state index in [2.05, 4.69) is 0 Å². The van der Waals surface area contributed by atoms with Crippen molar-refractivity contribution < 1.29 is 14.6 Å². The summed E-state index contributed by atoms with van der Waals surface area (Å²) in [5.41, 5.74) is 0. The average Bonchev–Trinajstić information content (AvgIpc) is 1.80. The number of rotatable bonds is 4. The molecule has 0 amide bonds. The van der Waals surface area contributed by atoms with Crippen molar-refractivity contribution in [3.63, 3.8) is 0 Å². The summed E-state index contributed by atoms with van der Waals surface area (Å²) in [6.45, 7) is 2.85. The van der Waals surface area contributed by atoms with Gasteiger partial charge in [-0.2, -0.15) is 0 Å². The fourth-order valence-corrected chi connectivity index (χ4v) is 0.335. The van der Waals surface area contributed by atoms with E-state index < -0.39 is 5.97 Å². The summed E-state index contributed by atoms with van der Waals surface area (Å²) in [5.74, 6) is -0.935. The third-order valence-electron chi connectivity index (χ3n) is 0.679. The molecule has 0 saturated heterocycles. The first-order valence-corrected chi connectivity index (χ1v) is 2.74. The molecule has 0 bridgehead atoms. The quantitative estimate of drug-likeness (QED) is 0.449. The largest absolute Gasteiger partial charge is 0.478 e. The predicted molar refractivity (Wildman–Crippen MR) is 33.3 cm³/mol. The zero-order valence-corrected chi connectivity index (χ0v) is 5.33. The second-order valence-electron chi connectivity index (χ2n) is 1.40. The minimum atomic E-state index is -0.935. The van der Waals surface area contributed by atoms with Crippen molar-refractivity contribution in [2.75, 3.05) is 13.2 Å². The lowest BCUT2D eigenvalue weighted by atomic mass is 10.5. The lowest BCUT2D eigenvalue weighted by molar-refractivity contribution is -0.131. The van der Waals surface area contributed by atoms with Crippen molar-refractivity contribution in [2.24, 2.45) is 0 Å². The molecular weight excluding hydrogens is 120 g/mol. The maximum Gasteiger partial charge on any atom is 0.328 e. The highest BCUT2D eigenvalue weighted by atomic mass is 16.5. The Morgan fingerprint density at radius 3 is 2.89 bits per heavy atom. The van der Waals surface area contributed by atoms with E-state index in [0.717, 1.165) is 6.08 Å². The second kappa shape index (κ2) is 5.31. The highest BCUT2D eigenvalue weighted by Gasteiger charge is 1.82. The van der Waals surface area contributed by atoms with E-state index in [4.69, 9.17) is 9.84 Å². The molecule has 0 aliphatic heterocycles. The van der Waals surface area contributed by atoms with Gasteiger partial charge >= 0.3 is 5.97 Å². The van der Waals surface area contributed by atoms with Crippen LogP contribution in [-0.2, 0) is 9.53 Å². The predicted octanol–water partition coefficient (Wildman–Crippen LogP) is 0.664. The van der Waals surface area contributed by atoms with Crippen molar-refractivity contribution >= 4 is 5.97 Å². The van der Waals surface area contributed by atoms with Crippen LogP contribution in [0.4, 0.5) is 0 Å². The van der Waals surface area contributed by atoms with Gasteiger partial charge in [0, 0.05) is 12.7 Å². The summed E-state index contributed by atoms with van der Waals surface area (Å²) < 4.78 is 4.83. The Labute approximate surface area is 53.9 Å². The van der Waals surface area contributed by atoms with Crippen LogP contribution in [0, 0.1) is 0 Å². The summed E-state index contributed by atoms with van der Waals surface area (Å²) in [4.78, 5) is 9.82. The molecule has 0 unspecified atom stereocenters. The molecule has 0 fully saturated rings. The number of ether oxygens (including phenoxy) is 1. The van der Waals surface area contributed by atoms with Crippen LogP contribution in [0.5, 0.6) is 0 Å². The molecule has 3 heteroatoms. The van der Waals surface area contributed by atoms with Crippen molar-refractivity contribution in [2.45, 2.75) is 6.92 Å². The van der Waals surface area contributed by atoms with Gasteiger partial charge in [-0.3, -0.25) is 0 Å². The maximum atomic E-state index is 9.82. The maximum absolute atomic E-state index is 9.82. The lowest BCUT2D eigenvalue weighted by Gasteiger charge is -1.90. The molecule has 0 aliphatic rings. The fraction of sp³-hybridized carbons (Fsp3) is 0.500. The van der Waals surface area contributed by atoms with Gasteiger partial charge in [-0.25, -0.2) is 4.79 Å². The second-order valence-corrected chi connectivity index (χ2v) is 1.40. The van der Waals surface area contributed by atoms with Gasteiger partial charge in [0.25, 0.3) is 0 Å². The monoisotopic (exact) mass is 130 g/mol. The molecule has 9 heavy (non-hydrogen) atoms. The fourth-order valence-electron chi connectivity index (χ4n) is 0.335. The average molecular weight is 130 g/mol. The van der Waals surface area contributed by atoms with E-state index in [1.165, 1.54) is 6.08 Å². The van der Waals surface area contributed by atoms with Gasteiger partial charge in [0.2, 0.25) is 0 Å². The van der Waals surface area contributed by atoms with Crippen LogP contribution in [0.15, 0.2) is 12.2 Å². The third-order valence-corrected chi connectivity index (χ3v) is 0.679. The summed E-state index contributed by atoms with van der Waals surface area (Å²) in [5, 5.41) is 8.07. The highest BCUT2D eigenvalue weighted by molar-refractivity contribution is 5.79. The van der Waals surface area contributed by atoms with Crippen molar-refractivity contribution in [1.29, 1.82) is 0 Å². The minimum Gasteiger partial charge on any atom is -0.478 e. The van der Waals surface area contributed by atoms with Gasteiger partial charge in [0.05, 0.1) is 6.61 Å².